The Morgan fingerprint density at radius 1 is 0.333 bits per heavy atom. The molecule has 0 fully saturated rings. The van der Waals surface area contributed by atoms with Crippen LogP contribution in [0, 0.1) is 11.2 Å². The van der Waals surface area contributed by atoms with Crippen LogP contribution in [0.3, 0.4) is 0 Å². The predicted molar refractivity (Wildman–Crippen MR) is 193 cm³/mol. The SMILES string of the molecule is C(#CS(c1ccccc1)(c1ccccc1)c1ccccc1)c1c2ccccc2c(-c2cccc3ccccc23)c2ccccc12. The van der Waals surface area contributed by atoms with Crippen molar-refractivity contribution < 1.29 is 0 Å². The zero-order valence-corrected chi connectivity index (χ0v) is 25.5. The summed E-state index contributed by atoms with van der Waals surface area (Å²) in [6.45, 7) is 0. The van der Waals surface area contributed by atoms with Crippen molar-refractivity contribution in [3.63, 3.8) is 0 Å². The van der Waals surface area contributed by atoms with E-state index in [0.29, 0.717) is 0 Å². The zero-order chi connectivity index (χ0) is 30.1. The molecule has 0 radical (unpaired) electrons. The minimum atomic E-state index is -1.92. The summed E-state index contributed by atoms with van der Waals surface area (Å²) in [5.74, 6) is 3.87. The van der Waals surface area contributed by atoms with Gasteiger partial charge in [0.05, 0.1) is 0 Å². The van der Waals surface area contributed by atoms with Gasteiger partial charge in [-0.2, -0.15) is 0 Å². The van der Waals surface area contributed by atoms with Crippen molar-refractivity contribution in [3.8, 4) is 22.3 Å². The highest BCUT2D eigenvalue weighted by atomic mass is 32.3. The average Bonchev–Trinajstić information content (AvgIpc) is 3.13. The predicted octanol–water partition coefficient (Wildman–Crippen LogP) is 12.1. The Kier molecular flexibility index (Phi) is 6.91. The summed E-state index contributed by atoms with van der Waals surface area (Å²) in [6, 6.07) is 65.4. The van der Waals surface area contributed by atoms with E-state index in [0.717, 1.165) is 5.56 Å². The molecule has 0 atom stereocenters. The number of fused-ring (bicyclic) bond motifs is 3. The minimum absolute atomic E-state index is 1.07. The topological polar surface area (TPSA) is 0 Å². The van der Waals surface area contributed by atoms with Gasteiger partial charge >= 0.3 is 0 Å². The Bertz CT molecular complexity index is 2200. The Hall–Kier alpha value is -5.55. The van der Waals surface area contributed by atoms with Crippen molar-refractivity contribution >= 4 is 42.3 Å². The monoisotopic (exact) mass is 590 g/mol. The maximum absolute atomic E-state index is 4.00. The van der Waals surface area contributed by atoms with Crippen LogP contribution in [0.25, 0.3) is 43.4 Å². The van der Waals surface area contributed by atoms with Gasteiger partial charge in [-0.3, -0.25) is 0 Å². The smallest absolute Gasteiger partial charge is 0.0411 e. The molecule has 0 bridgehead atoms. The molecular weight excluding hydrogens is 561 g/mol. The second-order valence-corrected chi connectivity index (χ2v) is 14.0. The zero-order valence-electron chi connectivity index (χ0n) is 24.7. The van der Waals surface area contributed by atoms with E-state index in [2.05, 4.69) is 193 Å². The van der Waals surface area contributed by atoms with E-state index in [4.69, 9.17) is 0 Å². The molecule has 0 aliphatic rings. The van der Waals surface area contributed by atoms with Crippen molar-refractivity contribution in [2.45, 2.75) is 14.7 Å². The first-order chi connectivity index (χ1) is 22.3. The lowest BCUT2D eigenvalue weighted by Crippen LogP contribution is -2.01. The largest absolute Gasteiger partial charge is 0.0949 e. The standard InChI is InChI=1S/C44H30S/c1-4-19-34(20-5-1)45(35-21-6-2-7-22-35,36-23-8-3-9-24-36)32-31-40-38-26-12-14-28-42(38)44(43-29-15-13-27-39(40)43)41-30-16-18-33-17-10-11-25-37(33)41/h1-30H. The third-order valence-electron chi connectivity index (χ3n) is 8.61. The van der Waals surface area contributed by atoms with Gasteiger partial charge in [0, 0.05) is 20.2 Å². The molecular formula is C44H30S. The molecule has 0 aliphatic carbocycles. The normalized spacial score (nSPS) is 11.7. The number of hydrogen-bond acceptors (Lipinski definition) is 0. The van der Waals surface area contributed by atoms with Gasteiger partial charge in [-0.15, -0.1) is 0 Å². The lowest BCUT2D eigenvalue weighted by Gasteiger charge is -2.36. The number of hydrogen-bond donors (Lipinski definition) is 0. The van der Waals surface area contributed by atoms with Crippen LogP contribution < -0.4 is 0 Å². The molecule has 0 N–H and O–H groups in total. The first-order valence-electron chi connectivity index (χ1n) is 15.3. The van der Waals surface area contributed by atoms with Gasteiger partial charge in [-0.1, -0.05) is 162 Å². The van der Waals surface area contributed by atoms with Gasteiger partial charge in [0.1, 0.15) is 0 Å². The molecule has 0 amide bonds. The van der Waals surface area contributed by atoms with Crippen LogP contribution in [-0.4, -0.2) is 0 Å². The molecule has 8 aromatic carbocycles. The van der Waals surface area contributed by atoms with Crippen molar-refractivity contribution in [2.24, 2.45) is 0 Å². The summed E-state index contributed by atoms with van der Waals surface area (Å²) >= 11 is 0. The molecule has 0 spiro atoms. The summed E-state index contributed by atoms with van der Waals surface area (Å²) in [5.41, 5.74) is 3.58. The van der Waals surface area contributed by atoms with Gasteiger partial charge in [0.25, 0.3) is 0 Å². The number of rotatable bonds is 4. The van der Waals surface area contributed by atoms with Crippen LogP contribution in [0.4, 0.5) is 0 Å². The molecule has 0 unspecified atom stereocenters. The summed E-state index contributed by atoms with van der Waals surface area (Å²) in [5, 5.41) is 11.3. The molecule has 8 aromatic rings. The van der Waals surface area contributed by atoms with E-state index in [9.17, 15) is 0 Å². The van der Waals surface area contributed by atoms with Crippen LogP contribution in [-0.2, 0) is 0 Å². The maximum Gasteiger partial charge on any atom is 0.0411 e. The molecule has 0 heterocycles. The molecule has 8 rings (SSSR count). The second-order valence-electron chi connectivity index (χ2n) is 11.1. The van der Waals surface area contributed by atoms with E-state index in [1.807, 2.05) is 0 Å². The molecule has 212 valence electrons. The lowest BCUT2D eigenvalue weighted by molar-refractivity contribution is 1.31. The third-order valence-corrected chi connectivity index (χ3v) is 12.0. The Balaban J connectivity index is 1.48. The molecule has 0 saturated carbocycles. The first-order valence-corrected chi connectivity index (χ1v) is 16.9. The molecule has 0 nitrogen and oxygen atoms in total. The molecule has 0 aromatic heterocycles. The van der Waals surface area contributed by atoms with Gasteiger partial charge in [0.15, 0.2) is 0 Å². The quantitative estimate of drug-likeness (QED) is 0.141. The molecule has 0 aliphatic heterocycles. The highest BCUT2D eigenvalue weighted by molar-refractivity contribution is 8.37. The Labute approximate surface area is 265 Å². The average molecular weight is 591 g/mol. The van der Waals surface area contributed by atoms with Crippen LogP contribution >= 0.6 is 10.0 Å². The fraction of sp³-hybridized carbons (Fsp3) is 0. The van der Waals surface area contributed by atoms with Crippen LogP contribution in [0.5, 0.6) is 0 Å². The molecule has 0 saturated heterocycles. The third kappa shape index (κ3) is 4.59. The first kappa shape index (κ1) is 27.0. The van der Waals surface area contributed by atoms with Crippen LogP contribution in [0.1, 0.15) is 5.56 Å². The molecule has 1 heteroatoms. The maximum atomic E-state index is 4.00. The van der Waals surface area contributed by atoms with Crippen molar-refractivity contribution in [1.82, 2.24) is 0 Å². The van der Waals surface area contributed by atoms with Crippen molar-refractivity contribution in [3.05, 3.63) is 188 Å². The highest BCUT2D eigenvalue weighted by Crippen LogP contribution is 2.67. The summed E-state index contributed by atoms with van der Waals surface area (Å²) in [4.78, 5) is 3.70. The van der Waals surface area contributed by atoms with E-state index in [-0.39, 0.29) is 0 Å². The summed E-state index contributed by atoms with van der Waals surface area (Å²) in [7, 11) is -1.92. The fourth-order valence-electron chi connectivity index (χ4n) is 6.58. The van der Waals surface area contributed by atoms with Crippen LogP contribution in [0.15, 0.2) is 197 Å². The molecule has 45 heavy (non-hydrogen) atoms. The van der Waals surface area contributed by atoms with E-state index < -0.39 is 10.0 Å². The van der Waals surface area contributed by atoms with Crippen molar-refractivity contribution in [1.29, 1.82) is 0 Å². The lowest BCUT2D eigenvalue weighted by atomic mass is 9.87. The number of benzene rings is 8. The fourth-order valence-corrected chi connectivity index (χ4v) is 9.70. The Morgan fingerprint density at radius 2 is 0.733 bits per heavy atom. The van der Waals surface area contributed by atoms with Crippen molar-refractivity contribution in [2.75, 3.05) is 0 Å². The summed E-state index contributed by atoms with van der Waals surface area (Å²) < 4.78 is 0. The van der Waals surface area contributed by atoms with Gasteiger partial charge in [-0.25, -0.2) is 0 Å². The Morgan fingerprint density at radius 3 is 1.24 bits per heavy atom. The van der Waals surface area contributed by atoms with Gasteiger partial charge in [0.2, 0.25) is 0 Å². The minimum Gasteiger partial charge on any atom is -0.0949 e. The van der Waals surface area contributed by atoms with Gasteiger partial charge < -0.3 is 0 Å². The van der Waals surface area contributed by atoms with E-state index in [1.165, 1.54) is 58.1 Å². The highest BCUT2D eigenvalue weighted by Gasteiger charge is 2.29. The second kappa shape index (κ2) is 11.5. The van der Waals surface area contributed by atoms with Crippen LogP contribution in [0.2, 0.25) is 0 Å². The summed E-state index contributed by atoms with van der Waals surface area (Å²) in [6.07, 6.45) is 0. The van der Waals surface area contributed by atoms with Gasteiger partial charge in [-0.05, 0) is 85.1 Å². The van der Waals surface area contributed by atoms with E-state index >= 15 is 0 Å². The van der Waals surface area contributed by atoms with E-state index in [1.54, 1.807) is 0 Å².